The Morgan fingerprint density at radius 2 is 2.53 bits per heavy atom. The van der Waals surface area contributed by atoms with Crippen LogP contribution in [0.25, 0.3) is 0 Å². The largest absolute Gasteiger partial charge is 0.387 e. The highest BCUT2D eigenvalue weighted by molar-refractivity contribution is 5.76. The van der Waals surface area contributed by atoms with E-state index in [-0.39, 0.29) is 12.5 Å². The van der Waals surface area contributed by atoms with Crippen molar-refractivity contribution < 1.29 is 9.90 Å². The summed E-state index contributed by atoms with van der Waals surface area (Å²) < 4.78 is 1.43. The Morgan fingerprint density at radius 3 is 3.07 bits per heavy atom. The maximum Gasteiger partial charge on any atom is 0.242 e. The van der Waals surface area contributed by atoms with Gasteiger partial charge in [0.2, 0.25) is 5.91 Å². The van der Waals surface area contributed by atoms with Crippen LogP contribution in [-0.2, 0) is 11.3 Å². The molecule has 0 bridgehead atoms. The van der Waals surface area contributed by atoms with E-state index in [0.717, 1.165) is 12.8 Å². The van der Waals surface area contributed by atoms with Crippen LogP contribution in [0.5, 0.6) is 0 Å². The van der Waals surface area contributed by atoms with E-state index < -0.39 is 6.10 Å². The lowest BCUT2D eigenvalue weighted by Gasteiger charge is -2.01. The van der Waals surface area contributed by atoms with E-state index in [9.17, 15) is 9.90 Å². The number of carbonyl (C=O) groups is 1. The van der Waals surface area contributed by atoms with Gasteiger partial charge in [-0.25, -0.2) is 4.68 Å². The topological polar surface area (TPSA) is 80.0 Å². The summed E-state index contributed by atoms with van der Waals surface area (Å²) in [6.07, 6.45) is 3.08. The Hall–Kier alpha value is -1.43. The van der Waals surface area contributed by atoms with Gasteiger partial charge < -0.3 is 10.4 Å². The molecule has 1 heterocycles. The zero-order chi connectivity index (χ0) is 10.8. The molecule has 0 saturated heterocycles. The third kappa shape index (κ3) is 2.76. The summed E-state index contributed by atoms with van der Waals surface area (Å²) in [7, 11) is 0. The van der Waals surface area contributed by atoms with E-state index in [4.69, 9.17) is 0 Å². The van der Waals surface area contributed by atoms with Gasteiger partial charge in [0, 0.05) is 6.04 Å². The summed E-state index contributed by atoms with van der Waals surface area (Å²) in [5.41, 5.74) is 0.481. The molecule has 1 amide bonds. The van der Waals surface area contributed by atoms with Gasteiger partial charge in [0.25, 0.3) is 0 Å². The molecule has 0 radical (unpaired) electrons. The monoisotopic (exact) mass is 210 g/mol. The van der Waals surface area contributed by atoms with E-state index in [1.54, 1.807) is 13.1 Å². The maximum absolute atomic E-state index is 11.4. The van der Waals surface area contributed by atoms with Crippen molar-refractivity contribution in [2.45, 2.75) is 38.5 Å². The third-order valence-corrected chi connectivity index (χ3v) is 2.23. The van der Waals surface area contributed by atoms with E-state index in [1.165, 1.54) is 4.68 Å². The van der Waals surface area contributed by atoms with Crippen LogP contribution in [0.15, 0.2) is 6.20 Å². The summed E-state index contributed by atoms with van der Waals surface area (Å²) in [5.74, 6) is -0.0560. The summed E-state index contributed by atoms with van der Waals surface area (Å²) >= 11 is 0. The minimum absolute atomic E-state index is 0.0560. The van der Waals surface area contributed by atoms with E-state index in [0.29, 0.717) is 11.7 Å². The summed E-state index contributed by atoms with van der Waals surface area (Å²) in [5, 5.41) is 19.6. The van der Waals surface area contributed by atoms with Crippen molar-refractivity contribution in [1.29, 1.82) is 0 Å². The van der Waals surface area contributed by atoms with Crippen LogP contribution in [0, 0.1) is 0 Å². The molecule has 6 nitrogen and oxygen atoms in total. The molecule has 6 heteroatoms. The van der Waals surface area contributed by atoms with Crippen LogP contribution >= 0.6 is 0 Å². The Kier molecular flexibility index (Phi) is 2.68. The second-order valence-corrected chi connectivity index (χ2v) is 3.86. The van der Waals surface area contributed by atoms with Crippen molar-refractivity contribution in [3.05, 3.63) is 11.9 Å². The normalized spacial score (nSPS) is 17.5. The van der Waals surface area contributed by atoms with E-state index in [2.05, 4.69) is 15.6 Å². The molecular weight excluding hydrogens is 196 g/mol. The summed E-state index contributed by atoms with van der Waals surface area (Å²) in [4.78, 5) is 11.4. The summed E-state index contributed by atoms with van der Waals surface area (Å²) in [6, 6.07) is 0.359. The number of aromatic nitrogens is 3. The molecule has 1 aliphatic carbocycles. The standard InChI is InChI=1S/C9H14N4O2/c1-6(14)8-4-13(12-11-8)5-9(15)10-7-2-3-7/h4,6-7,14H,2-3,5H2,1H3,(H,10,15). The quantitative estimate of drug-likeness (QED) is 0.709. The Morgan fingerprint density at radius 1 is 1.80 bits per heavy atom. The van der Waals surface area contributed by atoms with Gasteiger partial charge in [0.1, 0.15) is 12.2 Å². The van der Waals surface area contributed by atoms with Crippen molar-refractivity contribution in [2.75, 3.05) is 0 Å². The van der Waals surface area contributed by atoms with Crippen LogP contribution in [0.1, 0.15) is 31.6 Å². The highest BCUT2D eigenvalue weighted by atomic mass is 16.3. The average Bonchev–Trinajstić information content (AvgIpc) is 2.82. The summed E-state index contributed by atoms with van der Waals surface area (Å²) in [6.45, 7) is 1.77. The van der Waals surface area contributed by atoms with E-state index in [1.807, 2.05) is 0 Å². The van der Waals surface area contributed by atoms with Crippen LogP contribution < -0.4 is 5.32 Å². The van der Waals surface area contributed by atoms with Crippen LogP contribution in [0.2, 0.25) is 0 Å². The second-order valence-electron chi connectivity index (χ2n) is 3.86. The van der Waals surface area contributed by atoms with Gasteiger partial charge in [0.15, 0.2) is 0 Å². The fourth-order valence-corrected chi connectivity index (χ4v) is 1.23. The zero-order valence-corrected chi connectivity index (χ0v) is 8.55. The minimum Gasteiger partial charge on any atom is -0.387 e. The number of hydrogen-bond acceptors (Lipinski definition) is 4. The first-order valence-electron chi connectivity index (χ1n) is 5.02. The van der Waals surface area contributed by atoms with E-state index >= 15 is 0 Å². The SMILES string of the molecule is CC(O)c1cn(CC(=O)NC2CC2)nn1. The molecule has 0 spiro atoms. The molecular formula is C9H14N4O2. The number of nitrogens with one attached hydrogen (secondary N) is 1. The third-order valence-electron chi connectivity index (χ3n) is 2.23. The smallest absolute Gasteiger partial charge is 0.242 e. The molecule has 1 saturated carbocycles. The lowest BCUT2D eigenvalue weighted by molar-refractivity contribution is -0.122. The van der Waals surface area contributed by atoms with Crippen LogP contribution in [0.4, 0.5) is 0 Å². The number of amides is 1. The maximum atomic E-state index is 11.4. The highest BCUT2D eigenvalue weighted by Crippen LogP contribution is 2.18. The number of aliphatic hydroxyl groups is 1. The Labute approximate surface area is 87.3 Å². The zero-order valence-electron chi connectivity index (χ0n) is 8.55. The first-order valence-corrected chi connectivity index (χ1v) is 5.02. The van der Waals surface area contributed by atoms with Crippen molar-refractivity contribution >= 4 is 5.91 Å². The molecule has 1 aromatic rings. The molecule has 2 N–H and O–H groups in total. The van der Waals surface area contributed by atoms with Gasteiger partial charge in [-0.1, -0.05) is 5.21 Å². The predicted octanol–water partition coefficient (Wildman–Crippen LogP) is -0.390. The van der Waals surface area contributed by atoms with Gasteiger partial charge in [-0.15, -0.1) is 5.10 Å². The minimum atomic E-state index is -0.648. The number of nitrogens with zero attached hydrogens (tertiary/aromatic N) is 3. The number of carbonyl (C=O) groups excluding carboxylic acids is 1. The highest BCUT2D eigenvalue weighted by Gasteiger charge is 2.23. The van der Waals surface area contributed by atoms with Gasteiger partial charge in [-0.2, -0.15) is 0 Å². The molecule has 1 unspecified atom stereocenters. The fourth-order valence-electron chi connectivity index (χ4n) is 1.23. The van der Waals surface area contributed by atoms with Gasteiger partial charge in [-0.3, -0.25) is 4.79 Å². The number of aliphatic hydroxyl groups excluding tert-OH is 1. The fraction of sp³-hybridized carbons (Fsp3) is 0.667. The molecule has 1 atom stereocenters. The average molecular weight is 210 g/mol. The van der Waals surface area contributed by atoms with Gasteiger partial charge in [0.05, 0.1) is 12.3 Å². The molecule has 1 fully saturated rings. The van der Waals surface area contributed by atoms with Gasteiger partial charge >= 0.3 is 0 Å². The van der Waals surface area contributed by atoms with Crippen molar-refractivity contribution in [3.8, 4) is 0 Å². The molecule has 0 aromatic carbocycles. The predicted molar refractivity (Wildman–Crippen MR) is 51.8 cm³/mol. The Bertz CT molecular complexity index is 357. The number of hydrogen-bond donors (Lipinski definition) is 2. The number of rotatable bonds is 4. The molecule has 1 aliphatic rings. The second kappa shape index (κ2) is 3.98. The molecule has 82 valence electrons. The van der Waals surface area contributed by atoms with Crippen LogP contribution in [0.3, 0.4) is 0 Å². The molecule has 0 aliphatic heterocycles. The lowest BCUT2D eigenvalue weighted by atomic mass is 10.3. The van der Waals surface area contributed by atoms with Crippen molar-refractivity contribution in [3.63, 3.8) is 0 Å². The molecule has 2 rings (SSSR count). The van der Waals surface area contributed by atoms with Crippen molar-refractivity contribution in [1.82, 2.24) is 20.3 Å². The first-order chi connectivity index (χ1) is 7.15. The molecule has 15 heavy (non-hydrogen) atoms. The van der Waals surface area contributed by atoms with Gasteiger partial charge in [-0.05, 0) is 19.8 Å². The van der Waals surface area contributed by atoms with Crippen LogP contribution in [-0.4, -0.2) is 32.0 Å². The first kappa shape index (κ1) is 10.1. The molecule has 1 aromatic heterocycles. The lowest BCUT2D eigenvalue weighted by Crippen LogP contribution is -2.29. The Balaban J connectivity index is 1.88. The van der Waals surface area contributed by atoms with Crippen molar-refractivity contribution in [2.24, 2.45) is 0 Å².